The first kappa shape index (κ1) is 20.5. The van der Waals surface area contributed by atoms with Crippen LogP contribution in [0.3, 0.4) is 0 Å². The van der Waals surface area contributed by atoms with Gasteiger partial charge in [0.2, 0.25) is 0 Å². The SMILES string of the molecule is CN=C(NCC1CCCOC1C(C)(C)C)NCC1(OC)CCOCC1. The number of nitrogens with one attached hydrogen (secondary N) is 2. The molecule has 6 nitrogen and oxygen atoms in total. The highest BCUT2D eigenvalue weighted by atomic mass is 16.5. The third kappa shape index (κ3) is 5.83. The number of nitrogens with zero attached hydrogens (tertiary/aromatic N) is 1. The Morgan fingerprint density at radius 1 is 1.20 bits per heavy atom. The lowest BCUT2D eigenvalue weighted by molar-refractivity contribution is -0.0861. The summed E-state index contributed by atoms with van der Waals surface area (Å²) in [5, 5.41) is 6.94. The molecule has 2 saturated heterocycles. The number of rotatable bonds is 5. The molecule has 0 amide bonds. The van der Waals surface area contributed by atoms with Gasteiger partial charge in [-0.3, -0.25) is 4.99 Å². The Balaban J connectivity index is 1.85. The molecule has 0 spiro atoms. The van der Waals surface area contributed by atoms with E-state index in [1.165, 1.54) is 6.42 Å². The van der Waals surface area contributed by atoms with E-state index in [9.17, 15) is 0 Å². The molecule has 0 aromatic heterocycles. The summed E-state index contributed by atoms with van der Waals surface area (Å²) < 4.78 is 17.3. The molecule has 2 rings (SSSR count). The molecule has 2 fully saturated rings. The number of guanidine groups is 1. The number of methoxy groups -OCH3 is 1. The van der Waals surface area contributed by atoms with Gasteiger partial charge in [-0.25, -0.2) is 0 Å². The molecule has 0 aliphatic carbocycles. The van der Waals surface area contributed by atoms with Crippen LogP contribution in [0.25, 0.3) is 0 Å². The van der Waals surface area contributed by atoms with Gasteiger partial charge < -0.3 is 24.8 Å². The minimum absolute atomic E-state index is 0.155. The fourth-order valence-electron chi connectivity index (χ4n) is 3.90. The van der Waals surface area contributed by atoms with Gasteiger partial charge in [-0.15, -0.1) is 0 Å². The van der Waals surface area contributed by atoms with E-state index in [1.54, 1.807) is 7.11 Å². The highest BCUT2D eigenvalue weighted by Gasteiger charge is 2.36. The summed E-state index contributed by atoms with van der Waals surface area (Å²) >= 11 is 0. The van der Waals surface area contributed by atoms with E-state index in [0.717, 1.165) is 58.1 Å². The summed E-state index contributed by atoms with van der Waals surface area (Å²) in [5.41, 5.74) is 0.00366. The maximum atomic E-state index is 6.08. The van der Waals surface area contributed by atoms with Crippen molar-refractivity contribution in [2.75, 3.05) is 47.1 Å². The third-order valence-corrected chi connectivity index (χ3v) is 5.47. The van der Waals surface area contributed by atoms with Gasteiger partial charge in [-0.2, -0.15) is 0 Å². The highest BCUT2D eigenvalue weighted by molar-refractivity contribution is 5.79. The predicted octanol–water partition coefficient (Wildman–Crippen LogP) is 2.19. The summed E-state index contributed by atoms with van der Waals surface area (Å²) in [5.74, 6) is 1.34. The Labute approximate surface area is 153 Å². The normalized spacial score (nSPS) is 27.8. The maximum Gasteiger partial charge on any atom is 0.191 e. The topological polar surface area (TPSA) is 64.1 Å². The average molecular weight is 356 g/mol. The molecular formula is C19H37N3O3. The lowest BCUT2D eigenvalue weighted by Gasteiger charge is -2.40. The Hall–Kier alpha value is -0.850. The minimum Gasteiger partial charge on any atom is -0.381 e. The van der Waals surface area contributed by atoms with E-state index in [2.05, 4.69) is 36.4 Å². The van der Waals surface area contributed by atoms with Crippen LogP contribution >= 0.6 is 0 Å². The van der Waals surface area contributed by atoms with Crippen LogP contribution in [0.4, 0.5) is 0 Å². The van der Waals surface area contributed by atoms with Crippen molar-refractivity contribution in [3.05, 3.63) is 0 Å². The lowest BCUT2D eigenvalue weighted by atomic mass is 9.78. The van der Waals surface area contributed by atoms with Crippen molar-refractivity contribution in [1.82, 2.24) is 10.6 Å². The van der Waals surface area contributed by atoms with Crippen LogP contribution in [0.1, 0.15) is 46.5 Å². The molecule has 146 valence electrons. The zero-order chi connectivity index (χ0) is 18.3. The van der Waals surface area contributed by atoms with Gasteiger partial charge >= 0.3 is 0 Å². The summed E-state index contributed by atoms with van der Waals surface area (Å²) in [6, 6.07) is 0. The van der Waals surface area contributed by atoms with Gasteiger partial charge in [0.15, 0.2) is 5.96 Å². The van der Waals surface area contributed by atoms with Crippen molar-refractivity contribution < 1.29 is 14.2 Å². The van der Waals surface area contributed by atoms with Crippen LogP contribution in [0.15, 0.2) is 4.99 Å². The molecule has 2 unspecified atom stereocenters. The number of hydrogen-bond donors (Lipinski definition) is 2. The standard InChI is InChI=1S/C19H37N3O3/c1-18(2,3)16-15(7-6-10-25-16)13-21-17(20-4)22-14-19(23-5)8-11-24-12-9-19/h15-16H,6-14H2,1-5H3,(H2,20,21,22). The highest BCUT2D eigenvalue weighted by Crippen LogP contribution is 2.33. The Morgan fingerprint density at radius 2 is 1.92 bits per heavy atom. The number of ether oxygens (including phenoxy) is 3. The summed E-state index contributed by atoms with van der Waals surface area (Å²) in [6.07, 6.45) is 4.45. The van der Waals surface area contributed by atoms with E-state index < -0.39 is 0 Å². The molecule has 2 N–H and O–H groups in total. The average Bonchev–Trinajstić information content (AvgIpc) is 2.62. The predicted molar refractivity (Wildman–Crippen MR) is 101 cm³/mol. The largest absolute Gasteiger partial charge is 0.381 e. The minimum atomic E-state index is -0.155. The molecule has 2 aliphatic heterocycles. The fourth-order valence-corrected chi connectivity index (χ4v) is 3.90. The van der Waals surface area contributed by atoms with Gasteiger partial charge in [-0.1, -0.05) is 20.8 Å². The van der Waals surface area contributed by atoms with Crippen molar-refractivity contribution >= 4 is 5.96 Å². The molecule has 0 radical (unpaired) electrons. The van der Waals surface area contributed by atoms with Crippen molar-refractivity contribution in [2.45, 2.75) is 58.2 Å². The first-order valence-corrected chi connectivity index (χ1v) is 9.59. The molecule has 2 heterocycles. The molecular weight excluding hydrogens is 318 g/mol. The summed E-state index contributed by atoms with van der Waals surface area (Å²) in [4.78, 5) is 4.38. The van der Waals surface area contributed by atoms with Crippen LogP contribution in [-0.4, -0.2) is 64.7 Å². The van der Waals surface area contributed by atoms with Crippen LogP contribution in [-0.2, 0) is 14.2 Å². The van der Waals surface area contributed by atoms with Crippen LogP contribution in [0, 0.1) is 11.3 Å². The van der Waals surface area contributed by atoms with Gasteiger partial charge in [0, 0.05) is 65.8 Å². The van der Waals surface area contributed by atoms with E-state index in [4.69, 9.17) is 14.2 Å². The van der Waals surface area contributed by atoms with Crippen LogP contribution in [0.5, 0.6) is 0 Å². The van der Waals surface area contributed by atoms with Gasteiger partial charge in [-0.05, 0) is 18.3 Å². The number of hydrogen-bond acceptors (Lipinski definition) is 4. The van der Waals surface area contributed by atoms with Gasteiger partial charge in [0.25, 0.3) is 0 Å². The van der Waals surface area contributed by atoms with E-state index >= 15 is 0 Å². The zero-order valence-corrected chi connectivity index (χ0v) is 16.7. The quantitative estimate of drug-likeness (QED) is 0.585. The number of aliphatic imine (C=N–C) groups is 1. The monoisotopic (exact) mass is 355 g/mol. The molecule has 0 saturated carbocycles. The first-order valence-electron chi connectivity index (χ1n) is 9.59. The van der Waals surface area contributed by atoms with E-state index in [-0.39, 0.29) is 17.1 Å². The van der Waals surface area contributed by atoms with Crippen molar-refractivity contribution in [3.8, 4) is 0 Å². The van der Waals surface area contributed by atoms with Gasteiger partial charge in [0.1, 0.15) is 0 Å². The fraction of sp³-hybridized carbons (Fsp3) is 0.947. The van der Waals surface area contributed by atoms with E-state index in [0.29, 0.717) is 5.92 Å². The summed E-state index contributed by atoms with van der Waals surface area (Å²) in [7, 11) is 3.61. The molecule has 2 aliphatic rings. The smallest absolute Gasteiger partial charge is 0.191 e. The molecule has 0 aromatic rings. The van der Waals surface area contributed by atoms with Crippen molar-refractivity contribution in [1.29, 1.82) is 0 Å². The van der Waals surface area contributed by atoms with Gasteiger partial charge in [0.05, 0.1) is 11.7 Å². The second kappa shape index (κ2) is 9.19. The van der Waals surface area contributed by atoms with Crippen molar-refractivity contribution in [3.63, 3.8) is 0 Å². The first-order chi connectivity index (χ1) is 11.9. The zero-order valence-electron chi connectivity index (χ0n) is 16.7. The second-order valence-electron chi connectivity index (χ2n) is 8.37. The molecule has 0 aromatic carbocycles. The molecule has 6 heteroatoms. The van der Waals surface area contributed by atoms with E-state index in [1.807, 2.05) is 7.05 Å². The van der Waals surface area contributed by atoms with Crippen molar-refractivity contribution in [2.24, 2.45) is 16.3 Å². The van der Waals surface area contributed by atoms with Crippen LogP contribution in [0.2, 0.25) is 0 Å². The Morgan fingerprint density at radius 3 is 2.52 bits per heavy atom. The molecule has 0 bridgehead atoms. The third-order valence-electron chi connectivity index (χ3n) is 5.47. The molecule has 25 heavy (non-hydrogen) atoms. The lowest BCUT2D eigenvalue weighted by Crippen LogP contribution is -2.52. The van der Waals surface area contributed by atoms with Crippen LogP contribution < -0.4 is 10.6 Å². The summed E-state index contributed by atoms with van der Waals surface area (Å²) in [6.45, 7) is 10.8. The Kier molecular flexibility index (Phi) is 7.52. The molecule has 2 atom stereocenters. The second-order valence-corrected chi connectivity index (χ2v) is 8.37. The Bertz CT molecular complexity index is 428. The maximum absolute atomic E-state index is 6.08.